The Bertz CT molecular complexity index is 861. The highest BCUT2D eigenvalue weighted by molar-refractivity contribution is 6.01. The monoisotopic (exact) mass is 367 g/mol. The second-order valence-electron chi connectivity index (χ2n) is 6.33. The molecule has 6 heteroatoms. The zero-order valence-corrected chi connectivity index (χ0v) is 15.1. The fraction of sp³-hybridized carbons (Fsp3) is 0.286. The van der Waals surface area contributed by atoms with Gasteiger partial charge in [0, 0.05) is 31.3 Å². The van der Waals surface area contributed by atoms with Crippen LogP contribution in [-0.4, -0.2) is 37.9 Å². The van der Waals surface area contributed by atoms with Crippen molar-refractivity contribution in [1.82, 2.24) is 0 Å². The van der Waals surface area contributed by atoms with Gasteiger partial charge >= 0.3 is 5.97 Å². The molecule has 0 spiro atoms. The summed E-state index contributed by atoms with van der Waals surface area (Å²) in [6.07, 6.45) is 1.34. The molecule has 27 heavy (non-hydrogen) atoms. The normalized spacial score (nSPS) is 13.7. The van der Waals surface area contributed by atoms with Crippen molar-refractivity contribution < 1.29 is 23.9 Å². The maximum absolute atomic E-state index is 12.4. The largest absolute Gasteiger partial charge is 0.454 e. The summed E-state index contributed by atoms with van der Waals surface area (Å²) in [6, 6.07) is 13.7. The molecule has 3 rings (SSSR count). The molecular formula is C21H21NO5. The molecule has 0 aliphatic carbocycles. The Balaban J connectivity index is 1.63. The standard InChI is InChI=1S/C21H21NO5/c1-26-13-15-5-2-7-17(11-15)21(25)27-14-19(23)16-6-3-8-18(12-16)22-10-4-9-20(22)24/h2-3,5-8,11-12H,4,9-10,13-14H2,1H3. The molecule has 1 aliphatic rings. The molecule has 0 N–H and O–H groups in total. The number of carbonyl (C=O) groups is 3. The number of nitrogens with zero attached hydrogens (tertiary/aromatic N) is 1. The quantitative estimate of drug-likeness (QED) is 0.556. The Labute approximate surface area is 157 Å². The Hall–Kier alpha value is -2.99. The van der Waals surface area contributed by atoms with E-state index in [-0.39, 0.29) is 18.3 Å². The molecule has 0 saturated carbocycles. The van der Waals surface area contributed by atoms with Gasteiger partial charge in [-0.15, -0.1) is 0 Å². The summed E-state index contributed by atoms with van der Waals surface area (Å²) < 4.78 is 10.2. The summed E-state index contributed by atoms with van der Waals surface area (Å²) in [5.41, 5.74) is 2.32. The summed E-state index contributed by atoms with van der Waals surface area (Å²) >= 11 is 0. The number of carbonyl (C=O) groups excluding carboxylic acids is 3. The zero-order chi connectivity index (χ0) is 19.2. The van der Waals surface area contributed by atoms with Crippen molar-refractivity contribution in [3.63, 3.8) is 0 Å². The molecule has 0 aromatic heterocycles. The zero-order valence-electron chi connectivity index (χ0n) is 15.1. The van der Waals surface area contributed by atoms with E-state index in [1.807, 2.05) is 6.07 Å². The van der Waals surface area contributed by atoms with E-state index < -0.39 is 5.97 Å². The molecule has 0 atom stereocenters. The van der Waals surface area contributed by atoms with Gasteiger partial charge in [0.15, 0.2) is 12.4 Å². The molecule has 1 aliphatic heterocycles. The maximum Gasteiger partial charge on any atom is 0.338 e. The second-order valence-corrected chi connectivity index (χ2v) is 6.33. The number of methoxy groups -OCH3 is 1. The van der Waals surface area contributed by atoms with Crippen molar-refractivity contribution in [2.45, 2.75) is 19.4 Å². The maximum atomic E-state index is 12.4. The summed E-state index contributed by atoms with van der Waals surface area (Å²) in [5, 5.41) is 0. The third kappa shape index (κ3) is 4.60. The summed E-state index contributed by atoms with van der Waals surface area (Å²) in [6.45, 7) is 0.691. The number of hydrogen-bond donors (Lipinski definition) is 0. The smallest absolute Gasteiger partial charge is 0.338 e. The first-order valence-electron chi connectivity index (χ1n) is 8.77. The van der Waals surface area contributed by atoms with Crippen LogP contribution in [0.2, 0.25) is 0 Å². The van der Waals surface area contributed by atoms with E-state index in [0.717, 1.165) is 12.0 Å². The average molecular weight is 367 g/mol. The van der Waals surface area contributed by atoms with Crippen LogP contribution in [-0.2, 0) is 20.9 Å². The molecule has 0 unspecified atom stereocenters. The minimum absolute atomic E-state index is 0.0574. The van der Waals surface area contributed by atoms with Gasteiger partial charge in [-0.3, -0.25) is 9.59 Å². The third-order valence-corrected chi connectivity index (χ3v) is 4.36. The molecular weight excluding hydrogens is 346 g/mol. The number of rotatable bonds is 7. The second kappa shape index (κ2) is 8.60. The predicted molar refractivity (Wildman–Crippen MR) is 99.8 cm³/mol. The van der Waals surface area contributed by atoms with Crippen molar-refractivity contribution in [1.29, 1.82) is 0 Å². The van der Waals surface area contributed by atoms with Crippen LogP contribution >= 0.6 is 0 Å². The minimum Gasteiger partial charge on any atom is -0.454 e. The van der Waals surface area contributed by atoms with Gasteiger partial charge in [0.2, 0.25) is 5.91 Å². The lowest BCUT2D eigenvalue weighted by atomic mass is 10.1. The number of esters is 1. The van der Waals surface area contributed by atoms with Crippen LogP contribution in [0.25, 0.3) is 0 Å². The number of anilines is 1. The molecule has 1 heterocycles. The SMILES string of the molecule is COCc1cccc(C(=O)OCC(=O)c2cccc(N3CCCC3=O)c2)c1. The lowest BCUT2D eigenvalue weighted by Crippen LogP contribution is -2.24. The molecule has 140 valence electrons. The fourth-order valence-corrected chi connectivity index (χ4v) is 3.02. The molecule has 1 fully saturated rings. The molecule has 1 amide bonds. The average Bonchev–Trinajstić information content (AvgIpc) is 3.12. The fourth-order valence-electron chi connectivity index (χ4n) is 3.02. The van der Waals surface area contributed by atoms with Crippen molar-refractivity contribution in [3.8, 4) is 0 Å². The predicted octanol–water partition coefficient (Wildman–Crippen LogP) is 3.00. The number of hydrogen-bond acceptors (Lipinski definition) is 5. The first-order valence-corrected chi connectivity index (χ1v) is 8.77. The lowest BCUT2D eigenvalue weighted by molar-refractivity contribution is -0.117. The topological polar surface area (TPSA) is 72.9 Å². The van der Waals surface area contributed by atoms with Gasteiger partial charge in [-0.1, -0.05) is 24.3 Å². The first kappa shape index (κ1) is 18.8. The van der Waals surface area contributed by atoms with Crippen molar-refractivity contribution >= 4 is 23.3 Å². The number of amides is 1. The molecule has 2 aromatic carbocycles. The lowest BCUT2D eigenvalue weighted by Gasteiger charge is -2.16. The van der Waals surface area contributed by atoms with Crippen molar-refractivity contribution in [2.75, 3.05) is 25.2 Å². The number of ketones is 1. The van der Waals surface area contributed by atoms with E-state index in [2.05, 4.69) is 0 Å². The number of Topliss-reactive ketones (excluding diaryl/α,β-unsaturated/α-hetero) is 1. The number of ether oxygens (including phenoxy) is 2. The van der Waals surface area contributed by atoms with Crippen molar-refractivity contribution in [2.24, 2.45) is 0 Å². The van der Waals surface area contributed by atoms with Gasteiger partial charge in [0.1, 0.15) is 0 Å². The molecule has 0 bridgehead atoms. The van der Waals surface area contributed by atoms with Crippen LogP contribution in [0.3, 0.4) is 0 Å². The summed E-state index contributed by atoms with van der Waals surface area (Å²) in [4.78, 5) is 38.1. The van der Waals surface area contributed by atoms with Crippen molar-refractivity contribution in [3.05, 3.63) is 65.2 Å². The Kier molecular flexibility index (Phi) is 5.98. The van der Waals surface area contributed by atoms with Gasteiger partial charge in [0.05, 0.1) is 12.2 Å². The highest BCUT2D eigenvalue weighted by Crippen LogP contribution is 2.22. The van der Waals surface area contributed by atoms with Crippen LogP contribution in [0.5, 0.6) is 0 Å². The van der Waals surface area contributed by atoms with E-state index in [1.165, 1.54) is 0 Å². The van der Waals surface area contributed by atoms with E-state index in [1.54, 1.807) is 54.5 Å². The summed E-state index contributed by atoms with van der Waals surface area (Å²) in [7, 11) is 1.58. The number of benzene rings is 2. The van der Waals surface area contributed by atoms with Crippen LogP contribution in [0, 0.1) is 0 Å². The van der Waals surface area contributed by atoms with Gasteiger partial charge in [0.25, 0.3) is 0 Å². The minimum atomic E-state index is -0.563. The van der Waals surface area contributed by atoms with Crippen LogP contribution < -0.4 is 4.90 Å². The van der Waals surface area contributed by atoms with Gasteiger partial charge in [-0.25, -0.2) is 4.79 Å². The molecule has 1 saturated heterocycles. The molecule has 0 radical (unpaired) electrons. The highest BCUT2D eigenvalue weighted by atomic mass is 16.5. The van der Waals surface area contributed by atoms with Crippen LogP contribution in [0.15, 0.2) is 48.5 Å². The first-order chi connectivity index (χ1) is 13.1. The van der Waals surface area contributed by atoms with Crippen LogP contribution in [0.1, 0.15) is 39.1 Å². The van der Waals surface area contributed by atoms with Gasteiger partial charge in [-0.2, -0.15) is 0 Å². The Morgan fingerprint density at radius 2 is 1.85 bits per heavy atom. The highest BCUT2D eigenvalue weighted by Gasteiger charge is 2.22. The van der Waals surface area contributed by atoms with E-state index in [4.69, 9.17) is 9.47 Å². The summed E-state index contributed by atoms with van der Waals surface area (Å²) in [5.74, 6) is -0.820. The van der Waals surface area contributed by atoms with Crippen LogP contribution in [0.4, 0.5) is 5.69 Å². The Morgan fingerprint density at radius 3 is 2.59 bits per heavy atom. The molecule has 6 nitrogen and oxygen atoms in total. The third-order valence-electron chi connectivity index (χ3n) is 4.36. The van der Waals surface area contributed by atoms with Gasteiger partial charge < -0.3 is 14.4 Å². The van der Waals surface area contributed by atoms with E-state index in [9.17, 15) is 14.4 Å². The molecule has 2 aromatic rings. The Morgan fingerprint density at radius 1 is 1.07 bits per heavy atom. The van der Waals surface area contributed by atoms with Gasteiger partial charge in [-0.05, 0) is 36.2 Å². The van der Waals surface area contributed by atoms with E-state index >= 15 is 0 Å². The van der Waals surface area contributed by atoms with E-state index in [0.29, 0.717) is 36.4 Å².